The maximum Gasteiger partial charge on any atom is 0.264 e. The van der Waals surface area contributed by atoms with Crippen LogP contribution in [0.4, 0.5) is 5.69 Å². The molecule has 3 rings (SSSR count). The number of benzene rings is 3. The third-order valence-corrected chi connectivity index (χ3v) is 6.57. The highest BCUT2D eigenvalue weighted by Gasteiger charge is 2.25. The van der Waals surface area contributed by atoms with Crippen LogP contribution >= 0.6 is 0 Å². The first-order chi connectivity index (χ1) is 14.8. The van der Waals surface area contributed by atoms with Crippen LogP contribution in [0.1, 0.15) is 22.8 Å². The van der Waals surface area contributed by atoms with Crippen molar-refractivity contribution in [2.45, 2.75) is 24.8 Å². The van der Waals surface area contributed by atoms with Gasteiger partial charge in [0.25, 0.3) is 15.9 Å². The number of carbonyl (C=O) groups excluding carboxylic acids is 1. The number of sulfonamides is 1. The van der Waals surface area contributed by atoms with Gasteiger partial charge in [-0.15, -0.1) is 0 Å². The fraction of sp³-hybridized carbons (Fsp3) is 0.208. The summed E-state index contributed by atoms with van der Waals surface area (Å²) < 4.78 is 32.8. The second-order valence-electron chi connectivity index (χ2n) is 7.30. The van der Waals surface area contributed by atoms with Crippen LogP contribution in [0.15, 0.2) is 83.8 Å². The number of para-hydroxylation sites is 1. The molecule has 0 saturated carbocycles. The second kappa shape index (κ2) is 9.66. The van der Waals surface area contributed by atoms with E-state index in [1.165, 1.54) is 19.2 Å². The Bertz CT molecular complexity index is 1130. The molecule has 0 spiro atoms. The topological polar surface area (TPSA) is 75.7 Å². The molecule has 162 valence electrons. The Kier molecular flexibility index (Phi) is 6.97. The monoisotopic (exact) mass is 438 g/mol. The van der Waals surface area contributed by atoms with Gasteiger partial charge in [0, 0.05) is 7.05 Å². The van der Waals surface area contributed by atoms with E-state index in [-0.39, 0.29) is 29.0 Å². The molecule has 6 nitrogen and oxygen atoms in total. The standard InChI is InChI=1S/C24H26N2O4S/c1-18-13-15-20(16-14-18)30-17-19(2)25-24(27)22-11-7-8-12-23(22)26(3)31(28,29)21-9-5-4-6-10-21/h4-16,19H,17H2,1-3H3,(H,25,27)/t19-/m0/s1. The zero-order valence-electron chi connectivity index (χ0n) is 17.8. The minimum absolute atomic E-state index is 0.160. The Morgan fingerprint density at radius 1 is 0.968 bits per heavy atom. The maximum atomic E-state index is 13.0. The normalized spacial score (nSPS) is 12.1. The lowest BCUT2D eigenvalue weighted by molar-refractivity contribution is 0.0927. The van der Waals surface area contributed by atoms with Gasteiger partial charge in [-0.25, -0.2) is 8.42 Å². The summed E-state index contributed by atoms with van der Waals surface area (Å²) in [5, 5.41) is 2.88. The van der Waals surface area contributed by atoms with E-state index in [2.05, 4.69) is 5.32 Å². The maximum absolute atomic E-state index is 13.0. The van der Waals surface area contributed by atoms with Crippen molar-refractivity contribution in [2.24, 2.45) is 0 Å². The van der Waals surface area contributed by atoms with Crippen molar-refractivity contribution >= 4 is 21.6 Å². The van der Waals surface area contributed by atoms with Crippen LogP contribution in [0.25, 0.3) is 0 Å². The number of anilines is 1. The molecule has 1 atom stereocenters. The van der Waals surface area contributed by atoms with Gasteiger partial charge < -0.3 is 10.1 Å². The van der Waals surface area contributed by atoms with E-state index < -0.39 is 10.0 Å². The molecule has 7 heteroatoms. The van der Waals surface area contributed by atoms with Crippen molar-refractivity contribution in [1.29, 1.82) is 0 Å². The number of amides is 1. The van der Waals surface area contributed by atoms with E-state index in [0.29, 0.717) is 5.69 Å². The molecule has 3 aromatic carbocycles. The average Bonchev–Trinajstić information content (AvgIpc) is 2.78. The molecule has 0 heterocycles. The van der Waals surface area contributed by atoms with Crippen molar-refractivity contribution in [3.8, 4) is 5.75 Å². The van der Waals surface area contributed by atoms with Crippen LogP contribution in [0.5, 0.6) is 5.75 Å². The molecular formula is C24H26N2O4S. The number of rotatable bonds is 8. The lowest BCUT2D eigenvalue weighted by Crippen LogP contribution is -2.38. The molecule has 0 aliphatic heterocycles. The highest BCUT2D eigenvalue weighted by molar-refractivity contribution is 7.92. The Morgan fingerprint density at radius 2 is 1.58 bits per heavy atom. The number of nitrogens with zero attached hydrogens (tertiary/aromatic N) is 1. The Labute approximate surface area is 183 Å². The summed E-state index contributed by atoms with van der Waals surface area (Å²) in [4.78, 5) is 13.1. The summed E-state index contributed by atoms with van der Waals surface area (Å²) in [6, 6.07) is 22.1. The molecule has 0 aromatic heterocycles. The fourth-order valence-corrected chi connectivity index (χ4v) is 4.25. The number of aryl methyl sites for hydroxylation is 1. The van der Waals surface area contributed by atoms with Gasteiger partial charge in [0.05, 0.1) is 22.2 Å². The van der Waals surface area contributed by atoms with Crippen molar-refractivity contribution in [3.05, 3.63) is 90.0 Å². The number of hydrogen-bond acceptors (Lipinski definition) is 4. The van der Waals surface area contributed by atoms with Crippen molar-refractivity contribution in [2.75, 3.05) is 18.0 Å². The summed E-state index contributed by atoms with van der Waals surface area (Å²) in [6.07, 6.45) is 0. The Morgan fingerprint density at radius 3 is 2.26 bits per heavy atom. The summed E-state index contributed by atoms with van der Waals surface area (Å²) in [5.74, 6) is 0.353. The van der Waals surface area contributed by atoms with Gasteiger partial charge in [-0.1, -0.05) is 48.0 Å². The van der Waals surface area contributed by atoms with E-state index in [0.717, 1.165) is 15.6 Å². The Hall–Kier alpha value is -3.32. The molecule has 0 bridgehead atoms. The van der Waals surface area contributed by atoms with Crippen LogP contribution in [0.3, 0.4) is 0 Å². The third kappa shape index (κ3) is 5.44. The first-order valence-electron chi connectivity index (χ1n) is 9.92. The molecule has 0 saturated heterocycles. The smallest absolute Gasteiger partial charge is 0.264 e. The number of carbonyl (C=O) groups is 1. The van der Waals surface area contributed by atoms with Crippen molar-refractivity contribution in [3.63, 3.8) is 0 Å². The SMILES string of the molecule is Cc1ccc(OC[C@H](C)NC(=O)c2ccccc2N(C)S(=O)(=O)c2ccccc2)cc1. The number of ether oxygens (including phenoxy) is 1. The summed E-state index contributed by atoms with van der Waals surface area (Å²) >= 11 is 0. The van der Waals surface area contributed by atoms with Crippen LogP contribution in [0, 0.1) is 6.92 Å². The zero-order chi connectivity index (χ0) is 22.4. The van der Waals surface area contributed by atoms with E-state index >= 15 is 0 Å². The quantitative estimate of drug-likeness (QED) is 0.576. The molecule has 0 radical (unpaired) electrons. The van der Waals surface area contributed by atoms with Crippen molar-refractivity contribution < 1.29 is 17.9 Å². The summed E-state index contributed by atoms with van der Waals surface area (Å²) in [5.41, 5.74) is 1.71. The van der Waals surface area contributed by atoms with Gasteiger partial charge in [-0.3, -0.25) is 9.10 Å². The molecule has 0 aliphatic rings. The van der Waals surface area contributed by atoms with Crippen LogP contribution in [-0.4, -0.2) is 34.0 Å². The minimum Gasteiger partial charge on any atom is -0.491 e. The second-order valence-corrected chi connectivity index (χ2v) is 9.27. The molecule has 0 unspecified atom stereocenters. The summed E-state index contributed by atoms with van der Waals surface area (Å²) in [6.45, 7) is 4.12. The first-order valence-corrected chi connectivity index (χ1v) is 11.4. The van der Waals surface area contributed by atoms with Crippen molar-refractivity contribution in [1.82, 2.24) is 5.32 Å². The Balaban J connectivity index is 1.73. The number of hydrogen-bond donors (Lipinski definition) is 1. The van der Waals surface area contributed by atoms with E-state index in [4.69, 9.17) is 4.74 Å². The molecule has 0 fully saturated rings. The molecule has 3 aromatic rings. The molecule has 31 heavy (non-hydrogen) atoms. The zero-order valence-corrected chi connectivity index (χ0v) is 18.6. The molecule has 0 aliphatic carbocycles. The van der Waals surface area contributed by atoms with Gasteiger partial charge in [-0.05, 0) is 50.2 Å². The first kappa shape index (κ1) is 22.4. The molecule has 1 amide bonds. The highest BCUT2D eigenvalue weighted by Crippen LogP contribution is 2.25. The highest BCUT2D eigenvalue weighted by atomic mass is 32.2. The molecular weight excluding hydrogens is 412 g/mol. The molecule has 1 N–H and O–H groups in total. The minimum atomic E-state index is -3.80. The van der Waals surface area contributed by atoms with Gasteiger partial charge in [0.1, 0.15) is 12.4 Å². The van der Waals surface area contributed by atoms with E-state index in [9.17, 15) is 13.2 Å². The lowest BCUT2D eigenvalue weighted by Gasteiger charge is -2.23. The lowest BCUT2D eigenvalue weighted by atomic mass is 10.1. The van der Waals surface area contributed by atoms with Gasteiger partial charge in [0.15, 0.2) is 0 Å². The average molecular weight is 439 g/mol. The largest absolute Gasteiger partial charge is 0.491 e. The van der Waals surface area contributed by atoms with E-state index in [1.807, 2.05) is 38.1 Å². The fourth-order valence-electron chi connectivity index (χ4n) is 3.02. The van der Waals surface area contributed by atoms with Gasteiger partial charge in [-0.2, -0.15) is 0 Å². The number of nitrogens with one attached hydrogen (secondary N) is 1. The van der Waals surface area contributed by atoms with Gasteiger partial charge >= 0.3 is 0 Å². The van der Waals surface area contributed by atoms with Crippen LogP contribution in [-0.2, 0) is 10.0 Å². The van der Waals surface area contributed by atoms with Crippen LogP contribution < -0.4 is 14.4 Å². The van der Waals surface area contributed by atoms with Crippen LogP contribution in [0.2, 0.25) is 0 Å². The predicted octanol–water partition coefficient (Wildman–Crippen LogP) is 4.02. The predicted molar refractivity (Wildman–Crippen MR) is 122 cm³/mol. The summed E-state index contributed by atoms with van der Waals surface area (Å²) in [7, 11) is -2.35. The van der Waals surface area contributed by atoms with Gasteiger partial charge in [0.2, 0.25) is 0 Å². The van der Waals surface area contributed by atoms with E-state index in [1.54, 1.807) is 42.5 Å². The third-order valence-electron chi connectivity index (χ3n) is 4.79.